The highest BCUT2D eigenvalue weighted by Gasteiger charge is 2.58. The van der Waals surface area contributed by atoms with Crippen molar-refractivity contribution in [2.75, 3.05) is 0 Å². The molecule has 0 heterocycles. The van der Waals surface area contributed by atoms with Crippen LogP contribution < -0.4 is 0 Å². The first-order chi connectivity index (χ1) is 5.58. The Morgan fingerprint density at radius 2 is 1.92 bits per heavy atom. The molecule has 0 aliphatic heterocycles. The van der Waals surface area contributed by atoms with Gasteiger partial charge in [-0.25, -0.2) is 0 Å². The van der Waals surface area contributed by atoms with E-state index in [0.717, 1.165) is 17.8 Å². The van der Waals surface area contributed by atoms with E-state index in [4.69, 9.17) is 0 Å². The molecule has 0 nitrogen and oxygen atoms in total. The fourth-order valence-electron chi connectivity index (χ4n) is 3.21. The van der Waals surface area contributed by atoms with Crippen molar-refractivity contribution >= 4 is 0 Å². The lowest BCUT2D eigenvalue weighted by atomic mass is 9.85. The van der Waals surface area contributed by atoms with Gasteiger partial charge in [-0.15, -0.1) is 0 Å². The molecule has 0 N–H and O–H groups in total. The van der Waals surface area contributed by atoms with Crippen LogP contribution in [0, 0.1) is 23.2 Å². The van der Waals surface area contributed by atoms with E-state index in [0.29, 0.717) is 5.41 Å². The van der Waals surface area contributed by atoms with Gasteiger partial charge in [0.15, 0.2) is 0 Å². The molecule has 1 fully saturated rings. The van der Waals surface area contributed by atoms with E-state index in [1.54, 1.807) is 0 Å². The van der Waals surface area contributed by atoms with E-state index in [1.165, 1.54) is 19.3 Å². The molecular formula is C12H24. The highest BCUT2D eigenvalue weighted by molar-refractivity contribution is 5.06. The molecule has 1 aliphatic rings. The molecule has 1 aliphatic carbocycles. The minimum atomic E-state index is 0.685. The molecule has 4 unspecified atom stereocenters. The van der Waals surface area contributed by atoms with Crippen LogP contribution in [0.25, 0.3) is 0 Å². The molecule has 0 heteroatoms. The lowest BCUT2D eigenvalue weighted by Gasteiger charge is -2.20. The van der Waals surface area contributed by atoms with Crippen LogP contribution in [-0.2, 0) is 0 Å². The smallest absolute Gasteiger partial charge is 0.0241 e. The molecule has 0 amide bonds. The SMILES string of the molecule is CCCC(C)C1(C)C(C)C1CC. The van der Waals surface area contributed by atoms with Crippen LogP contribution >= 0.6 is 0 Å². The third-order valence-electron chi connectivity index (χ3n) is 4.50. The zero-order chi connectivity index (χ0) is 9.35. The Hall–Kier alpha value is 0. The van der Waals surface area contributed by atoms with Crippen molar-refractivity contribution < 1.29 is 0 Å². The zero-order valence-corrected chi connectivity index (χ0v) is 9.35. The molecule has 0 spiro atoms. The summed E-state index contributed by atoms with van der Waals surface area (Å²) in [5.41, 5.74) is 0.685. The van der Waals surface area contributed by atoms with Gasteiger partial charge in [0.2, 0.25) is 0 Å². The molecule has 0 bridgehead atoms. The molecular weight excluding hydrogens is 144 g/mol. The summed E-state index contributed by atoms with van der Waals surface area (Å²) in [6.45, 7) is 12.0. The van der Waals surface area contributed by atoms with Crippen LogP contribution in [0.15, 0.2) is 0 Å². The van der Waals surface area contributed by atoms with E-state index in [-0.39, 0.29) is 0 Å². The summed E-state index contributed by atoms with van der Waals surface area (Å²) in [5, 5.41) is 0. The van der Waals surface area contributed by atoms with Gasteiger partial charge in [0.1, 0.15) is 0 Å². The third kappa shape index (κ3) is 1.30. The zero-order valence-electron chi connectivity index (χ0n) is 9.35. The van der Waals surface area contributed by atoms with E-state index in [2.05, 4.69) is 34.6 Å². The van der Waals surface area contributed by atoms with Gasteiger partial charge in [-0.1, -0.05) is 53.9 Å². The van der Waals surface area contributed by atoms with Crippen molar-refractivity contribution in [1.82, 2.24) is 0 Å². The molecule has 0 aromatic carbocycles. The van der Waals surface area contributed by atoms with E-state index < -0.39 is 0 Å². The summed E-state index contributed by atoms with van der Waals surface area (Å²) in [5.74, 6) is 2.92. The highest BCUT2D eigenvalue weighted by atomic mass is 14.6. The second kappa shape index (κ2) is 3.40. The molecule has 0 radical (unpaired) electrons. The summed E-state index contributed by atoms with van der Waals surface area (Å²) >= 11 is 0. The fourth-order valence-corrected chi connectivity index (χ4v) is 3.21. The van der Waals surface area contributed by atoms with Crippen LogP contribution in [0.2, 0.25) is 0 Å². The number of rotatable bonds is 4. The monoisotopic (exact) mass is 168 g/mol. The summed E-state index contributed by atoms with van der Waals surface area (Å²) in [6.07, 6.45) is 4.14. The summed E-state index contributed by atoms with van der Waals surface area (Å²) in [4.78, 5) is 0. The lowest BCUT2D eigenvalue weighted by Crippen LogP contribution is -2.12. The van der Waals surface area contributed by atoms with Crippen molar-refractivity contribution in [3.05, 3.63) is 0 Å². The van der Waals surface area contributed by atoms with Gasteiger partial charge >= 0.3 is 0 Å². The van der Waals surface area contributed by atoms with Crippen molar-refractivity contribution in [3.8, 4) is 0 Å². The molecule has 4 atom stereocenters. The molecule has 0 saturated heterocycles. The van der Waals surface area contributed by atoms with E-state index in [9.17, 15) is 0 Å². The first-order valence-corrected chi connectivity index (χ1v) is 5.58. The minimum Gasteiger partial charge on any atom is -0.0654 e. The topological polar surface area (TPSA) is 0 Å². The van der Waals surface area contributed by atoms with E-state index in [1.807, 2.05) is 0 Å². The molecule has 1 rings (SSSR count). The third-order valence-corrected chi connectivity index (χ3v) is 4.50. The van der Waals surface area contributed by atoms with Crippen molar-refractivity contribution in [2.45, 2.75) is 53.9 Å². The van der Waals surface area contributed by atoms with Gasteiger partial charge in [-0.05, 0) is 23.2 Å². The Morgan fingerprint density at radius 1 is 1.33 bits per heavy atom. The Labute approximate surface area is 77.7 Å². The fraction of sp³-hybridized carbons (Fsp3) is 1.00. The van der Waals surface area contributed by atoms with Gasteiger partial charge in [-0.3, -0.25) is 0 Å². The Kier molecular flexibility index (Phi) is 2.85. The van der Waals surface area contributed by atoms with Crippen LogP contribution in [0.1, 0.15) is 53.9 Å². The van der Waals surface area contributed by atoms with Gasteiger partial charge in [0.05, 0.1) is 0 Å². The quantitative estimate of drug-likeness (QED) is 0.592. The first kappa shape index (κ1) is 10.1. The standard InChI is InChI=1S/C12H24/c1-6-8-9(3)12(5)10(4)11(12)7-2/h9-11H,6-8H2,1-5H3. The summed E-state index contributed by atoms with van der Waals surface area (Å²) in [6, 6.07) is 0. The van der Waals surface area contributed by atoms with Crippen molar-refractivity contribution in [1.29, 1.82) is 0 Å². The molecule has 1 saturated carbocycles. The largest absolute Gasteiger partial charge is 0.0654 e. The first-order valence-electron chi connectivity index (χ1n) is 5.58. The maximum absolute atomic E-state index is 2.49. The van der Waals surface area contributed by atoms with Crippen LogP contribution in [0.4, 0.5) is 0 Å². The highest BCUT2D eigenvalue weighted by Crippen LogP contribution is 2.64. The van der Waals surface area contributed by atoms with Gasteiger partial charge < -0.3 is 0 Å². The average Bonchev–Trinajstić information content (AvgIpc) is 2.57. The van der Waals surface area contributed by atoms with Crippen molar-refractivity contribution in [3.63, 3.8) is 0 Å². The minimum absolute atomic E-state index is 0.685. The molecule has 0 aromatic heterocycles. The molecule has 72 valence electrons. The Morgan fingerprint density at radius 3 is 2.25 bits per heavy atom. The number of hydrogen-bond acceptors (Lipinski definition) is 0. The van der Waals surface area contributed by atoms with Crippen LogP contribution in [0.5, 0.6) is 0 Å². The lowest BCUT2D eigenvalue weighted by molar-refractivity contribution is 0.293. The van der Waals surface area contributed by atoms with Gasteiger partial charge in [0, 0.05) is 0 Å². The van der Waals surface area contributed by atoms with Crippen LogP contribution in [-0.4, -0.2) is 0 Å². The normalized spacial score (nSPS) is 42.8. The maximum atomic E-state index is 2.49. The predicted octanol–water partition coefficient (Wildman–Crippen LogP) is 4.10. The Bertz CT molecular complexity index is 150. The summed E-state index contributed by atoms with van der Waals surface area (Å²) < 4.78 is 0. The van der Waals surface area contributed by atoms with Gasteiger partial charge in [0.25, 0.3) is 0 Å². The van der Waals surface area contributed by atoms with Crippen molar-refractivity contribution in [2.24, 2.45) is 23.2 Å². The predicted molar refractivity (Wildman–Crippen MR) is 55.1 cm³/mol. The average molecular weight is 168 g/mol. The Balaban J connectivity index is 2.51. The second-order valence-corrected chi connectivity index (χ2v) is 4.86. The van der Waals surface area contributed by atoms with Crippen LogP contribution in [0.3, 0.4) is 0 Å². The van der Waals surface area contributed by atoms with E-state index >= 15 is 0 Å². The second-order valence-electron chi connectivity index (χ2n) is 4.86. The summed E-state index contributed by atoms with van der Waals surface area (Å²) in [7, 11) is 0. The molecule has 12 heavy (non-hydrogen) atoms. The molecule has 0 aromatic rings. The number of hydrogen-bond donors (Lipinski definition) is 0. The maximum Gasteiger partial charge on any atom is -0.0241 e. The van der Waals surface area contributed by atoms with Gasteiger partial charge in [-0.2, -0.15) is 0 Å².